The molecule has 4 rings (SSSR count). The predicted octanol–water partition coefficient (Wildman–Crippen LogP) is 6.40. The topological polar surface area (TPSA) is 60.5 Å². The van der Waals surface area contributed by atoms with Gasteiger partial charge in [-0.2, -0.15) is 0 Å². The Kier molecular flexibility index (Phi) is 7.69. The van der Waals surface area contributed by atoms with E-state index < -0.39 is 30.0 Å². The Hall–Kier alpha value is -3.01. The van der Waals surface area contributed by atoms with E-state index in [-0.39, 0.29) is 29.5 Å². The minimum absolute atomic E-state index is 0.184. The maximum Gasteiger partial charge on any atom is 0.334 e. The van der Waals surface area contributed by atoms with Gasteiger partial charge in [-0.05, 0) is 37.3 Å². The fourth-order valence-electron chi connectivity index (χ4n) is 3.95. The van der Waals surface area contributed by atoms with Gasteiger partial charge in [0.15, 0.2) is 11.6 Å². The Balaban J connectivity index is 1.82. The smallest absolute Gasteiger partial charge is 0.334 e. The molecule has 0 unspecified atom stereocenters. The van der Waals surface area contributed by atoms with Crippen LogP contribution in [-0.4, -0.2) is 43.9 Å². The SMILES string of the molecule is CCN1C(=O)N(c2c(F)cc(NCCNCCF)cc2F)c2cc(Cl)ccc2-c2cc(Cl)cnc21. The molecule has 3 aromatic rings. The molecule has 1 aliphatic rings. The number of alkyl halides is 1. The number of nitrogens with one attached hydrogen (secondary N) is 2. The average molecular weight is 524 g/mol. The summed E-state index contributed by atoms with van der Waals surface area (Å²) < 4.78 is 43.0. The number of hydrogen-bond donors (Lipinski definition) is 2. The number of amides is 2. The number of fused-ring (bicyclic) bond motifs is 3. The normalized spacial score (nSPS) is 12.9. The van der Waals surface area contributed by atoms with Gasteiger partial charge in [-0.25, -0.2) is 22.9 Å². The van der Waals surface area contributed by atoms with Gasteiger partial charge in [0.05, 0.1) is 10.7 Å². The molecule has 2 amide bonds. The van der Waals surface area contributed by atoms with Crippen molar-refractivity contribution in [3.63, 3.8) is 0 Å². The number of rotatable bonds is 8. The molecule has 2 N–H and O–H groups in total. The fourth-order valence-corrected chi connectivity index (χ4v) is 4.27. The average Bonchev–Trinajstić information content (AvgIpc) is 2.91. The third-order valence-corrected chi connectivity index (χ3v) is 5.90. The summed E-state index contributed by atoms with van der Waals surface area (Å²) in [4.78, 5) is 20.3. The zero-order valence-corrected chi connectivity index (χ0v) is 20.2. The second-order valence-electron chi connectivity index (χ2n) is 7.70. The number of hydrogen-bond acceptors (Lipinski definition) is 4. The highest BCUT2D eigenvalue weighted by molar-refractivity contribution is 6.32. The van der Waals surface area contributed by atoms with Gasteiger partial charge >= 0.3 is 6.03 Å². The van der Waals surface area contributed by atoms with Gasteiger partial charge in [-0.15, -0.1) is 0 Å². The van der Waals surface area contributed by atoms with E-state index in [0.29, 0.717) is 35.1 Å². The summed E-state index contributed by atoms with van der Waals surface area (Å²) in [6, 6.07) is 7.91. The van der Waals surface area contributed by atoms with Crippen LogP contribution in [0, 0.1) is 11.6 Å². The molecule has 0 saturated carbocycles. The minimum Gasteiger partial charge on any atom is -0.384 e. The van der Waals surface area contributed by atoms with Crippen molar-refractivity contribution in [2.45, 2.75) is 6.92 Å². The Morgan fingerprint density at radius 2 is 1.71 bits per heavy atom. The lowest BCUT2D eigenvalue weighted by Crippen LogP contribution is -2.41. The molecule has 0 bridgehead atoms. The Morgan fingerprint density at radius 1 is 0.971 bits per heavy atom. The third-order valence-electron chi connectivity index (χ3n) is 5.46. The second-order valence-corrected chi connectivity index (χ2v) is 8.58. The van der Waals surface area contributed by atoms with Crippen LogP contribution in [0.25, 0.3) is 11.1 Å². The zero-order chi connectivity index (χ0) is 25.1. The number of aromatic nitrogens is 1. The number of pyridine rings is 1. The molecule has 184 valence electrons. The van der Waals surface area contributed by atoms with Crippen LogP contribution in [-0.2, 0) is 0 Å². The van der Waals surface area contributed by atoms with E-state index in [0.717, 1.165) is 17.0 Å². The minimum atomic E-state index is -0.948. The van der Waals surface area contributed by atoms with E-state index >= 15 is 8.78 Å². The van der Waals surface area contributed by atoms with E-state index in [1.165, 1.54) is 17.2 Å². The highest BCUT2D eigenvalue weighted by Gasteiger charge is 2.36. The van der Waals surface area contributed by atoms with Gasteiger partial charge in [-0.1, -0.05) is 29.3 Å². The lowest BCUT2D eigenvalue weighted by molar-refractivity contribution is 0.253. The van der Waals surface area contributed by atoms with Crippen molar-refractivity contribution in [1.82, 2.24) is 10.3 Å². The molecule has 2 heterocycles. The Bertz CT molecular complexity index is 1240. The summed E-state index contributed by atoms with van der Waals surface area (Å²) in [6.45, 7) is 2.34. The molecule has 0 aliphatic carbocycles. The maximum absolute atomic E-state index is 15.4. The van der Waals surface area contributed by atoms with Gasteiger partial charge in [0, 0.05) is 54.2 Å². The van der Waals surface area contributed by atoms with Gasteiger partial charge in [-0.3, -0.25) is 9.80 Å². The van der Waals surface area contributed by atoms with Crippen LogP contribution in [0.1, 0.15) is 6.92 Å². The first-order valence-corrected chi connectivity index (χ1v) is 11.7. The first-order valence-electron chi connectivity index (χ1n) is 10.9. The van der Waals surface area contributed by atoms with Crippen molar-refractivity contribution in [2.24, 2.45) is 0 Å². The van der Waals surface area contributed by atoms with Crippen LogP contribution >= 0.6 is 23.2 Å². The predicted molar refractivity (Wildman–Crippen MR) is 134 cm³/mol. The zero-order valence-electron chi connectivity index (χ0n) is 18.7. The second kappa shape index (κ2) is 10.7. The highest BCUT2D eigenvalue weighted by Crippen LogP contribution is 2.46. The van der Waals surface area contributed by atoms with Crippen LogP contribution in [0.5, 0.6) is 0 Å². The van der Waals surface area contributed by atoms with E-state index in [9.17, 15) is 9.18 Å². The maximum atomic E-state index is 15.4. The molecular formula is C24H22Cl2F3N5O. The van der Waals surface area contributed by atoms with E-state index in [2.05, 4.69) is 15.6 Å². The molecule has 6 nitrogen and oxygen atoms in total. The summed E-state index contributed by atoms with van der Waals surface area (Å²) in [5, 5.41) is 6.35. The standard InChI is InChI=1S/C24H22Cl2F3N5O/c1-2-33-23-18(9-15(26)13-32-23)17-4-3-14(25)10-21(17)34(24(33)35)22-19(28)11-16(12-20(22)29)31-8-7-30-6-5-27/h3-4,9-13,30-31H,2,5-8H2,1H3. The molecule has 0 fully saturated rings. The summed E-state index contributed by atoms with van der Waals surface area (Å²) in [6.07, 6.45) is 1.41. The molecular weight excluding hydrogens is 502 g/mol. The molecule has 0 atom stereocenters. The number of nitrogens with zero attached hydrogens (tertiary/aromatic N) is 3. The van der Waals surface area contributed by atoms with Gasteiger partial charge in [0.1, 0.15) is 18.2 Å². The van der Waals surface area contributed by atoms with Gasteiger partial charge in [0.25, 0.3) is 0 Å². The van der Waals surface area contributed by atoms with Crippen LogP contribution in [0.3, 0.4) is 0 Å². The van der Waals surface area contributed by atoms with Crippen LogP contribution in [0.2, 0.25) is 10.0 Å². The Labute approximate surface area is 210 Å². The molecule has 0 radical (unpaired) electrons. The van der Waals surface area contributed by atoms with Crippen molar-refractivity contribution in [1.29, 1.82) is 0 Å². The van der Waals surface area contributed by atoms with E-state index in [1.807, 2.05) is 0 Å². The molecule has 1 aliphatic heterocycles. The Morgan fingerprint density at radius 3 is 2.40 bits per heavy atom. The number of carbonyl (C=O) groups is 1. The van der Waals surface area contributed by atoms with Gasteiger partial charge < -0.3 is 10.6 Å². The first kappa shape index (κ1) is 25.1. The fraction of sp³-hybridized carbons (Fsp3) is 0.250. The summed E-state index contributed by atoms with van der Waals surface area (Å²) in [5.41, 5.74) is 0.850. The number of benzene rings is 2. The lowest BCUT2D eigenvalue weighted by Gasteiger charge is -2.28. The first-order chi connectivity index (χ1) is 16.8. The third kappa shape index (κ3) is 5.03. The number of urea groups is 1. The molecule has 11 heteroatoms. The largest absolute Gasteiger partial charge is 0.384 e. The summed E-state index contributed by atoms with van der Waals surface area (Å²) in [5.74, 6) is -1.58. The quantitative estimate of drug-likeness (QED) is 0.335. The summed E-state index contributed by atoms with van der Waals surface area (Å²) >= 11 is 12.4. The van der Waals surface area contributed by atoms with Crippen LogP contribution in [0.4, 0.5) is 40.8 Å². The molecule has 2 aromatic carbocycles. The molecule has 0 saturated heterocycles. The molecule has 1 aromatic heterocycles. The van der Waals surface area contributed by atoms with Crippen LogP contribution in [0.15, 0.2) is 42.6 Å². The lowest BCUT2D eigenvalue weighted by atomic mass is 10.0. The van der Waals surface area contributed by atoms with Crippen LogP contribution < -0.4 is 20.4 Å². The number of carbonyl (C=O) groups excluding carboxylic acids is 1. The number of anilines is 4. The molecule has 35 heavy (non-hydrogen) atoms. The van der Waals surface area contributed by atoms with E-state index in [4.69, 9.17) is 23.2 Å². The van der Waals surface area contributed by atoms with Crippen molar-refractivity contribution in [3.05, 3.63) is 64.3 Å². The van der Waals surface area contributed by atoms with Crippen molar-refractivity contribution in [2.75, 3.05) is 48.0 Å². The number of halogens is 5. The molecule has 0 spiro atoms. The van der Waals surface area contributed by atoms with E-state index in [1.54, 1.807) is 25.1 Å². The monoisotopic (exact) mass is 523 g/mol. The van der Waals surface area contributed by atoms with Crippen molar-refractivity contribution < 1.29 is 18.0 Å². The van der Waals surface area contributed by atoms with Gasteiger partial charge in [0.2, 0.25) is 0 Å². The summed E-state index contributed by atoms with van der Waals surface area (Å²) in [7, 11) is 0. The van der Waals surface area contributed by atoms with Crippen molar-refractivity contribution in [3.8, 4) is 11.1 Å². The van der Waals surface area contributed by atoms with Crippen molar-refractivity contribution >= 4 is 52.1 Å². The highest BCUT2D eigenvalue weighted by atomic mass is 35.5.